The Morgan fingerprint density at radius 2 is 1.93 bits per heavy atom. The SMILES string of the molecule is CCNC(=NCCC(=O)NC1CCCC1)N(C)Cc1ccc(OC)cc1.I. The number of guanidine groups is 1. The number of rotatable bonds is 8. The van der Waals surface area contributed by atoms with E-state index in [-0.39, 0.29) is 29.9 Å². The van der Waals surface area contributed by atoms with Crippen molar-refractivity contribution < 1.29 is 9.53 Å². The van der Waals surface area contributed by atoms with E-state index in [1.807, 2.05) is 38.2 Å². The predicted molar refractivity (Wildman–Crippen MR) is 121 cm³/mol. The molecule has 0 heterocycles. The number of benzene rings is 1. The summed E-state index contributed by atoms with van der Waals surface area (Å²) in [6.45, 7) is 4.07. The van der Waals surface area contributed by atoms with Crippen LogP contribution in [0.2, 0.25) is 0 Å². The number of nitrogens with zero attached hydrogens (tertiary/aromatic N) is 2. The fourth-order valence-corrected chi connectivity index (χ4v) is 3.18. The highest BCUT2D eigenvalue weighted by molar-refractivity contribution is 14.0. The van der Waals surface area contributed by atoms with Crippen LogP contribution in [0.1, 0.15) is 44.6 Å². The third-order valence-corrected chi connectivity index (χ3v) is 4.60. The van der Waals surface area contributed by atoms with Crippen molar-refractivity contribution in [1.29, 1.82) is 0 Å². The molecule has 0 aromatic heterocycles. The molecule has 1 aromatic rings. The summed E-state index contributed by atoms with van der Waals surface area (Å²) >= 11 is 0. The van der Waals surface area contributed by atoms with Gasteiger partial charge in [-0.3, -0.25) is 9.79 Å². The number of aliphatic imine (C=N–C) groups is 1. The summed E-state index contributed by atoms with van der Waals surface area (Å²) in [5.74, 6) is 1.77. The van der Waals surface area contributed by atoms with E-state index in [1.165, 1.54) is 18.4 Å². The van der Waals surface area contributed by atoms with E-state index < -0.39 is 0 Å². The molecule has 1 fully saturated rings. The van der Waals surface area contributed by atoms with E-state index in [2.05, 4.69) is 20.5 Å². The van der Waals surface area contributed by atoms with Crippen LogP contribution in [0.25, 0.3) is 0 Å². The zero-order valence-electron chi connectivity index (χ0n) is 16.7. The lowest BCUT2D eigenvalue weighted by molar-refractivity contribution is -0.121. The molecule has 27 heavy (non-hydrogen) atoms. The second-order valence-corrected chi connectivity index (χ2v) is 6.74. The van der Waals surface area contributed by atoms with Crippen LogP contribution in [-0.2, 0) is 11.3 Å². The van der Waals surface area contributed by atoms with Crippen molar-refractivity contribution in [2.75, 3.05) is 27.2 Å². The molecular formula is C20H33IN4O2. The lowest BCUT2D eigenvalue weighted by Gasteiger charge is -2.22. The predicted octanol–water partition coefficient (Wildman–Crippen LogP) is 3.16. The summed E-state index contributed by atoms with van der Waals surface area (Å²) in [5, 5.41) is 6.40. The number of nitrogens with one attached hydrogen (secondary N) is 2. The van der Waals surface area contributed by atoms with Crippen LogP contribution < -0.4 is 15.4 Å². The number of carbonyl (C=O) groups is 1. The van der Waals surface area contributed by atoms with E-state index >= 15 is 0 Å². The fourth-order valence-electron chi connectivity index (χ4n) is 3.18. The van der Waals surface area contributed by atoms with Crippen LogP contribution in [-0.4, -0.2) is 50.1 Å². The van der Waals surface area contributed by atoms with Gasteiger partial charge in [-0.1, -0.05) is 25.0 Å². The van der Waals surface area contributed by atoms with E-state index in [0.29, 0.717) is 19.0 Å². The van der Waals surface area contributed by atoms with Crippen LogP contribution in [0, 0.1) is 0 Å². The summed E-state index contributed by atoms with van der Waals surface area (Å²) in [6, 6.07) is 8.39. The van der Waals surface area contributed by atoms with Crippen molar-refractivity contribution >= 4 is 35.8 Å². The first-order chi connectivity index (χ1) is 12.6. The Hall–Kier alpha value is -1.51. The molecule has 7 heteroatoms. The van der Waals surface area contributed by atoms with Crippen LogP contribution >= 0.6 is 24.0 Å². The van der Waals surface area contributed by atoms with Gasteiger partial charge in [0.1, 0.15) is 5.75 Å². The van der Waals surface area contributed by atoms with Gasteiger partial charge >= 0.3 is 0 Å². The van der Waals surface area contributed by atoms with Crippen LogP contribution in [0.15, 0.2) is 29.3 Å². The van der Waals surface area contributed by atoms with Crippen molar-refractivity contribution in [3.8, 4) is 5.75 Å². The van der Waals surface area contributed by atoms with E-state index in [4.69, 9.17) is 4.74 Å². The zero-order chi connectivity index (χ0) is 18.8. The van der Waals surface area contributed by atoms with Gasteiger partial charge in [-0.25, -0.2) is 0 Å². The van der Waals surface area contributed by atoms with Gasteiger partial charge in [0.15, 0.2) is 5.96 Å². The maximum Gasteiger partial charge on any atom is 0.222 e. The molecule has 152 valence electrons. The molecule has 0 unspecified atom stereocenters. The van der Waals surface area contributed by atoms with Crippen molar-refractivity contribution in [2.24, 2.45) is 4.99 Å². The molecule has 0 saturated heterocycles. The quantitative estimate of drug-likeness (QED) is 0.335. The Labute approximate surface area is 180 Å². The average Bonchev–Trinajstić information content (AvgIpc) is 3.14. The average molecular weight is 488 g/mol. The molecule has 1 aliphatic rings. The van der Waals surface area contributed by atoms with Crippen molar-refractivity contribution in [1.82, 2.24) is 15.5 Å². The maximum atomic E-state index is 12.0. The second kappa shape index (κ2) is 12.8. The zero-order valence-corrected chi connectivity index (χ0v) is 19.0. The highest BCUT2D eigenvalue weighted by Crippen LogP contribution is 2.17. The van der Waals surface area contributed by atoms with Crippen LogP contribution in [0.5, 0.6) is 5.75 Å². The lowest BCUT2D eigenvalue weighted by atomic mass is 10.2. The highest BCUT2D eigenvalue weighted by Gasteiger charge is 2.16. The summed E-state index contributed by atoms with van der Waals surface area (Å²) < 4.78 is 5.20. The van der Waals surface area contributed by atoms with Crippen molar-refractivity contribution in [3.05, 3.63) is 29.8 Å². The summed E-state index contributed by atoms with van der Waals surface area (Å²) in [6.07, 6.45) is 5.11. The van der Waals surface area contributed by atoms with Gasteiger partial charge in [0.05, 0.1) is 13.7 Å². The first-order valence-electron chi connectivity index (χ1n) is 9.54. The molecule has 0 aliphatic heterocycles. The Balaban J connectivity index is 0.00000364. The fraction of sp³-hybridized carbons (Fsp3) is 0.600. The first-order valence-corrected chi connectivity index (χ1v) is 9.54. The second-order valence-electron chi connectivity index (χ2n) is 6.74. The number of ether oxygens (including phenoxy) is 1. The van der Waals surface area contributed by atoms with Gasteiger partial charge in [0, 0.05) is 32.6 Å². The van der Waals surface area contributed by atoms with Gasteiger partial charge in [0.2, 0.25) is 5.91 Å². The Morgan fingerprint density at radius 3 is 2.52 bits per heavy atom. The molecule has 0 bridgehead atoms. The molecule has 1 amide bonds. The Kier molecular flexibility index (Phi) is 11.2. The molecule has 1 aliphatic carbocycles. The first kappa shape index (κ1) is 23.5. The van der Waals surface area contributed by atoms with Gasteiger partial charge < -0.3 is 20.3 Å². The summed E-state index contributed by atoms with van der Waals surface area (Å²) in [7, 11) is 3.67. The number of carbonyl (C=O) groups excluding carboxylic acids is 1. The van der Waals surface area contributed by atoms with Gasteiger partial charge in [-0.05, 0) is 37.5 Å². The Morgan fingerprint density at radius 1 is 1.26 bits per heavy atom. The smallest absolute Gasteiger partial charge is 0.222 e. The van der Waals surface area contributed by atoms with Gasteiger partial charge in [-0.15, -0.1) is 24.0 Å². The number of amides is 1. The minimum absolute atomic E-state index is 0. The molecule has 2 N–H and O–H groups in total. The monoisotopic (exact) mass is 488 g/mol. The standard InChI is InChI=1S/C20H32N4O2.HI/c1-4-21-20(22-14-13-19(25)23-17-7-5-6-8-17)24(2)15-16-9-11-18(26-3)12-10-16;/h9-12,17H,4-8,13-15H2,1-3H3,(H,21,22)(H,23,25);1H. The van der Waals surface area contributed by atoms with Gasteiger partial charge in [-0.2, -0.15) is 0 Å². The van der Waals surface area contributed by atoms with Gasteiger partial charge in [0.25, 0.3) is 0 Å². The highest BCUT2D eigenvalue weighted by atomic mass is 127. The third kappa shape index (κ3) is 8.36. The van der Waals surface area contributed by atoms with Crippen LogP contribution in [0.4, 0.5) is 0 Å². The molecule has 0 radical (unpaired) electrons. The molecule has 0 atom stereocenters. The summed E-state index contributed by atoms with van der Waals surface area (Å²) in [4.78, 5) is 18.7. The van der Waals surface area contributed by atoms with Crippen molar-refractivity contribution in [3.63, 3.8) is 0 Å². The molecule has 1 saturated carbocycles. The molecule has 2 rings (SSSR count). The normalized spacial score (nSPS) is 14.4. The maximum absolute atomic E-state index is 12.0. The minimum atomic E-state index is 0. The molecule has 0 spiro atoms. The number of methoxy groups -OCH3 is 1. The number of halogens is 1. The van der Waals surface area contributed by atoms with E-state index in [0.717, 1.165) is 37.6 Å². The molecule has 1 aromatic carbocycles. The van der Waals surface area contributed by atoms with Crippen molar-refractivity contribution in [2.45, 2.75) is 51.6 Å². The van der Waals surface area contributed by atoms with E-state index in [1.54, 1.807) is 7.11 Å². The third-order valence-electron chi connectivity index (χ3n) is 4.60. The van der Waals surface area contributed by atoms with E-state index in [9.17, 15) is 4.79 Å². The lowest BCUT2D eigenvalue weighted by Crippen LogP contribution is -2.39. The minimum Gasteiger partial charge on any atom is -0.497 e. The van der Waals surface area contributed by atoms with Crippen LogP contribution in [0.3, 0.4) is 0 Å². The number of hydrogen-bond acceptors (Lipinski definition) is 3. The Bertz CT molecular complexity index is 586. The summed E-state index contributed by atoms with van der Waals surface area (Å²) in [5.41, 5.74) is 1.18. The number of hydrogen-bond donors (Lipinski definition) is 2. The topological polar surface area (TPSA) is 66.0 Å². The molecule has 6 nitrogen and oxygen atoms in total. The largest absolute Gasteiger partial charge is 0.497 e. The molecular weight excluding hydrogens is 455 g/mol.